The van der Waals surface area contributed by atoms with Crippen molar-refractivity contribution < 1.29 is 23.6 Å². The Morgan fingerprint density at radius 2 is 1.46 bits per heavy atom. The summed E-state index contributed by atoms with van der Waals surface area (Å²) in [6.45, 7) is 14.5. The number of rotatable bonds is 2. The van der Waals surface area contributed by atoms with Crippen molar-refractivity contribution in [2.75, 3.05) is 4.90 Å². The van der Waals surface area contributed by atoms with E-state index in [1.54, 1.807) is 45.0 Å². The van der Waals surface area contributed by atoms with E-state index < -0.39 is 35.9 Å². The molecule has 142 valence electrons. The molecule has 1 fully saturated rings. The largest absolute Gasteiger partial charge is 0.494 e. The number of hydrogen-bond donors (Lipinski definition) is 0. The predicted molar refractivity (Wildman–Crippen MR) is 102 cm³/mol. The van der Waals surface area contributed by atoms with Crippen LogP contribution in [0.4, 0.5) is 10.5 Å². The van der Waals surface area contributed by atoms with Crippen LogP contribution in [0.5, 0.6) is 0 Å². The molecule has 0 aromatic heterocycles. The zero-order valence-corrected chi connectivity index (χ0v) is 16.9. The molecule has 1 aliphatic heterocycles. The van der Waals surface area contributed by atoms with Crippen molar-refractivity contribution in [3.05, 3.63) is 24.3 Å². The van der Waals surface area contributed by atoms with Crippen LogP contribution in [0.2, 0.25) is 0 Å². The maximum atomic E-state index is 12.3. The number of nitrogens with zero attached hydrogens (tertiary/aromatic N) is 1. The van der Waals surface area contributed by atoms with Crippen LogP contribution >= 0.6 is 0 Å². The molecule has 6 nitrogen and oxygen atoms in total. The molecular formula is C19H28BNO5. The summed E-state index contributed by atoms with van der Waals surface area (Å²) >= 11 is 0. The molecule has 7 heteroatoms. The molecule has 1 saturated heterocycles. The number of carbonyl (C=O) groups excluding carboxylic acids is 2. The van der Waals surface area contributed by atoms with Crippen molar-refractivity contribution in [2.24, 2.45) is 0 Å². The number of benzene rings is 1. The van der Waals surface area contributed by atoms with E-state index in [4.69, 9.17) is 14.0 Å². The Hall–Kier alpha value is -1.86. The SMILES string of the molecule is CC(=O)N(C(=O)OC(C)(C)C)c1ccc(B2OC(C)(C)C(C)(C)O2)cc1. The fraction of sp³-hybridized carbons (Fsp3) is 0.579. The van der Waals surface area contributed by atoms with Crippen molar-refractivity contribution in [3.8, 4) is 0 Å². The summed E-state index contributed by atoms with van der Waals surface area (Å²) in [4.78, 5) is 25.3. The van der Waals surface area contributed by atoms with Crippen molar-refractivity contribution in [2.45, 2.75) is 72.2 Å². The Labute approximate surface area is 155 Å². The minimum atomic E-state index is -0.701. The van der Waals surface area contributed by atoms with Crippen molar-refractivity contribution in [3.63, 3.8) is 0 Å². The molecule has 0 unspecified atom stereocenters. The smallest absolute Gasteiger partial charge is 0.443 e. The van der Waals surface area contributed by atoms with E-state index in [-0.39, 0.29) is 0 Å². The Morgan fingerprint density at radius 1 is 1.00 bits per heavy atom. The van der Waals surface area contributed by atoms with E-state index >= 15 is 0 Å². The Balaban J connectivity index is 2.22. The topological polar surface area (TPSA) is 65.1 Å². The van der Waals surface area contributed by atoms with Gasteiger partial charge < -0.3 is 14.0 Å². The third-order valence-electron chi connectivity index (χ3n) is 4.57. The van der Waals surface area contributed by atoms with Gasteiger partial charge in [-0.05, 0) is 66.1 Å². The number of ether oxygens (including phenoxy) is 1. The van der Waals surface area contributed by atoms with Gasteiger partial charge >= 0.3 is 13.2 Å². The highest BCUT2D eigenvalue weighted by Gasteiger charge is 2.51. The normalized spacial score (nSPS) is 18.5. The van der Waals surface area contributed by atoms with Gasteiger partial charge in [-0.15, -0.1) is 0 Å². The summed E-state index contributed by atoms with van der Waals surface area (Å²) in [6.07, 6.45) is -0.701. The molecule has 0 atom stereocenters. The number of carbonyl (C=O) groups is 2. The van der Waals surface area contributed by atoms with Crippen LogP contribution in [0.25, 0.3) is 0 Å². The minimum Gasteiger partial charge on any atom is -0.443 e. The molecule has 2 rings (SSSR count). The molecule has 0 spiro atoms. The van der Waals surface area contributed by atoms with E-state index in [1.165, 1.54) is 6.92 Å². The first-order valence-electron chi connectivity index (χ1n) is 8.73. The van der Waals surface area contributed by atoms with Gasteiger partial charge in [0.25, 0.3) is 0 Å². The van der Waals surface area contributed by atoms with Crippen LogP contribution in [-0.4, -0.2) is 35.9 Å². The highest BCUT2D eigenvalue weighted by molar-refractivity contribution is 6.62. The summed E-state index contributed by atoms with van der Waals surface area (Å²) in [7, 11) is -0.499. The van der Waals surface area contributed by atoms with Gasteiger partial charge in [-0.3, -0.25) is 4.79 Å². The van der Waals surface area contributed by atoms with Crippen LogP contribution in [0.1, 0.15) is 55.4 Å². The van der Waals surface area contributed by atoms with Crippen LogP contribution in [0.3, 0.4) is 0 Å². The predicted octanol–water partition coefficient (Wildman–Crippen LogP) is 3.27. The van der Waals surface area contributed by atoms with Gasteiger partial charge in [-0.2, -0.15) is 0 Å². The second-order valence-electron chi connectivity index (χ2n) is 8.51. The van der Waals surface area contributed by atoms with E-state index in [1.807, 2.05) is 27.7 Å². The molecule has 1 heterocycles. The monoisotopic (exact) mass is 361 g/mol. The molecule has 0 radical (unpaired) electrons. The lowest BCUT2D eigenvalue weighted by atomic mass is 9.79. The number of amides is 2. The van der Waals surface area contributed by atoms with Gasteiger partial charge in [0, 0.05) is 6.92 Å². The molecule has 2 amide bonds. The lowest BCUT2D eigenvalue weighted by molar-refractivity contribution is -0.116. The summed E-state index contributed by atoms with van der Waals surface area (Å²) in [5.41, 5.74) is -0.295. The molecule has 1 aromatic carbocycles. The summed E-state index contributed by atoms with van der Waals surface area (Å²) in [6, 6.07) is 6.95. The van der Waals surface area contributed by atoms with Crippen LogP contribution in [0.15, 0.2) is 24.3 Å². The first-order chi connectivity index (χ1) is 11.7. The standard InChI is InChI=1S/C19H28BNO5/c1-13(22)21(16(23)24-17(2,3)4)15-11-9-14(10-12-15)20-25-18(5,6)19(7,8)26-20/h9-12H,1-8H3. The fourth-order valence-electron chi connectivity index (χ4n) is 2.48. The lowest BCUT2D eigenvalue weighted by Crippen LogP contribution is -2.41. The van der Waals surface area contributed by atoms with Crippen molar-refractivity contribution in [1.82, 2.24) is 0 Å². The molecule has 0 N–H and O–H groups in total. The molecule has 0 aliphatic carbocycles. The second-order valence-corrected chi connectivity index (χ2v) is 8.51. The van der Waals surface area contributed by atoms with Gasteiger partial charge in [0.1, 0.15) is 5.60 Å². The summed E-state index contributed by atoms with van der Waals surface area (Å²) in [5, 5.41) is 0. The van der Waals surface area contributed by atoms with Gasteiger partial charge in [0.15, 0.2) is 0 Å². The Morgan fingerprint density at radius 3 is 1.85 bits per heavy atom. The maximum Gasteiger partial charge on any atom is 0.494 e. The second kappa shape index (κ2) is 6.70. The zero-order chi connectivity index (χ0) is 19.9. The molecule has 26 heavy (non-hydrogen) atoms. The average molecular weight is 361 g/mol. The quantitative estimate of drug-likeness (QED) is 0.757. The van der Waals surface area contributed by atoms with E-state index in [2.05, 4.69) is 0 Å². The van der Waals surface area contributed by atoms with E-state index in [0.717, 1.165) is 10.4 Å². The van der Waals surface area contributed by atoms with Gasteiger partial charge in [-0.25, -0.2) is 9.69 Å². The Bertz CT molecular complexity index is 675. The average Bonchev–Trinajstić information content (AvgIpc) is 2.66. The van der Waals surface area contributed by atoms with Crippen LogP contribution in [-0.2, 0) is 18.8 Å². The third-order valence-corrected chi connectivity index (χ3v) is 4.57. The molecule has 0 saturated carbocycles. The first-order valence-corrected chi connectivity index (χ1v) is 8.73. The fourth-order valence-corrected chi connectivity index (χ4v) is 2.48. The molecule has 0 bridgehead atoms. The van der Waals surface area contributed by atoms with E-state index in [0.29, 0.717) is 5.69 Å². The number of hydrogen-bond acceptors (Lipinski definition) is 5. The summed E-state index contributed by atoms with van der Waals surface area (Å²) < 4.78 is 17.4. The lowest BCUT2D eigenvalue weighted by Gasteiger charge is -2.32. The number of anilines is 1. The van der Waals surface area contributed by atoms with Crippen molar-refractivity contribution >= 4 is 30.3 Å². The summed E-state index contributed by atoms with van der Waals surface area (Å²) in [5.74, 6) is -0.414. The van der Waals surface area contributed by atoms with Gasteiger partial charge in [0.2, 0.25) is 5.91 Å². The van der Waals surface area contributed by atoms with Crippen molar-refractivity contribution in [1.29, 1.82) is 0 Å². The van der Waals surface area contributed by atoms with Gasteiger partial charge in [0.05, 0.1) is 16.9 Å². The molecule has 1 aromatic rings. The molecular weight excluding hydrogens is 333 g/mol. The first kappa shape index (κ1) is 20.5. The van der Waals surface area contributed by atoms with E-state index in [9.17, 15) is 9.59 Å². The molecule has 1 aliphatic rings. The highest BCUT2D eigenvalue weighted by atomic mass is 16.7. The minimum absolute atomic E-state index is 0.414. The highest BCUT2D eigenvalue weighted by Crippen LogP contribution is 2.36. The van der Waals surface area contributed by atoms with Crippen LogP contribution in [0, 0.1) is 0 Å². The number of imide groups is 1. The Kier molecular flexibility index (Phi) is 5.28. The van der Waals surface area contributed by atoms with Crippen LogP contribution < -0.4 is 10.4 Å². The zero-order valence-electron chi connectivity index (χ0n) is 16.9. The maximum absolute atomic E-state index is 12.3. The van der Waals surface area contributed by atoms with Gasteiger partial charge in [-0.1, -0.05) is 12.1 Å². The third kappa shape index (κ3) is 4.27.